The molecule has 1 heterocycles. The van der Waals surface area contributed by atoms with Gasteiger partial charge in [-0.3, -0.25) is 20.3 Å². The zero-order valence-corrected chi connectivity index (χ0v) is 13.4. The second-order valence-electron chi connectivity index (χ2n) is 5.27. The third-order valence-corrected chi connectivity index (χ3v) is 4.17. The topological polar surface area (TPSA) is 93.9 Å². The van der Waals surface area contributed by atoms with Crippen LogP contribution in [0.15, 0.2) is 42.5 Å². The maximum atomic E-state index is 12.6. The fourth-order valence-corrected chi connectivity index (χ4v) is 3.01. The molecular weight excluding hydrogens is 332 g/mol. The highest BCUT2D eigenvalue weighted by Gasteiger charge is 2.21. The molecule has 0 aliphatic heterocycles. The number of aromatic nitrogens is 2. The molecule has 24 heavy (non-hydrogen) atoms. The lowest BCUT2D eigenvalue weighted by atomic mass is 10.1. The van der Waals surface area contributed by atoms with Crippen LogP contribution in [0.3, 0.4) is 0 Å². The summed E-state index contributed by atoms with van der Waals surface area (Å²) in [4.78, 5) is 23.1. The molecule has 2 aromatic carbocycles. The van der Waals surface area contributed by atoms with Crippen LogP contribution in [0.4, 0.5) is 5.69 Å². The Morgan fingerprint density at radius 1 is 1.25 bits per heavy atom. The standard InChI is InChI=1S/C16H13ClN4O3/c1-19-15-11(17)6-4-8-13(15)20(16(19)18)9-14(22)10-5-2-3-7-12(10)21(23)24/h2-8,18H,9H2,1H3. The molecule has 0 aliphatic rings. The van der Waals surface area contributed by atoms with Crippen molar-refractivity contribution in [3.8, 4) is 0 Å². The summed E-state index contributed by atoms with van der Waals surface area (Å²) in [5, 5.41) is 19.8. The molecule has 122 valence electrons. The van der Waals surface area contributed by atoms with E-state index < -0.39 is 10.7 Å². The molecule has 0 saturated carbocycles. The molecule has 0 spiro atoms. The molecule has 0 aliphatic carbocycles. The molecule has 0 saturated heterocycles. The molecule has 3 rings (SSSR count). The number of imidazole rings is 1. The molecule has 0 radical (unpaired) electrons. The third-order valence-electron chi connectivity index (χ3n) is 3.87. The largest absolute Gasteiger partial charge is 0.312 e. The predicted octanol–water partition coefficient (Wildman–Crippen LogP) is 2.90. The van der Waals surface area contributed by atoms with Gasteiger partial charge in [-0.25, -0.2) is 0 Å². The van der Waals surface area contributed by atoms with E-state index >= 15 is 0 Å². The Balaban J connectivity index is 2.10. The Morgan fingerprint density at radius 3 is 2.67 bits per heavy atom. The average Bonchev–Trinajstić information content (AvgIpc) is 2.80. The summed E-state index contributed by atoms with van der Waals surface area (Å²) in [6.45, 7) is -0.179. The summed E-state index contributed by atoms with van der Waals surface area (Å²) in [5.41, 5.74) is 1.13. The minimum absolute atomic E-state index is 0.0217. The van der Waals surface area contributed by atoms with E-state index in [0.717, 1.165) is 0 Å². The minimum atomic E-state index is -0.584. The second kappa shape index (κ2) is 5.93. The van der Waals surface area contributed by atoms with Gasteiger partial charge in [0.1, 0.15) is 0 Å². The maximum absolute atomic E-state index is 12.6. The van der Waals surface area contributed by atoms with Crippen molar-refractivity contribution in [1.29, 1.82) is 5.41 Å². The molecule has 1 N–H and O–H groups in total. The van der Waals surface area contributed by atoms with Crippen molar-refractivity contribution in [1.82, 2.24) is 9.13 Å². The summed E-state index contributed by atoms with van der Waals surface area (Å²) in [7, 11) is 1.68. The van der Waals surface area contributed by atoms with Gasteiger partial charge >= 0.3 is 0 Å². The summed E-state index contributed by atoms with van der Waals surface area (Å²) in [6.07, 6.45) is 0. The lowest BCUT2D eigenvalue weighted by Crippen LogP contribution is -2.26. The number of aryl methyl sites for hydroxylation is 1. The number of nitro groups is 1. The number of nitrogens with zero attached hydrogens (tertiary/aromatic N) is 3. The smallest absolute Gasteiger partial charge is 0.280 e. The van der Waals surface area contributed by atoms with Gasteiger partial charge in [0.05, 0.1) is 33.1 Å². The van der Waals surface area contributed by atoms with Gasteiger partial charge in [-0.1, -0.05) is 29.8 Å². The van der Waals surface area contributed by atoms with Gasteiger partial charge in [-0.15, -0.1) is 0 Å². The van der Waals surface area contributed by atoms with Gasteiger partial charge in [0, 0.05) is 13.1 Å². The highest BCUT2D eigenvalue weighted by molar-refractivity contribution is 6.35. The van der Waals surface area contributed by atoms with Gasteiger partial charge in [0.15, 0.2) is 5.78 Å². The SMILES string of the molecule is Cn1c(=N)n(CC(=O)c2ccccc2[N+](=O)[O-])c2cccc(Cl)c21. The zero-order chi connectivity index (χ0) is 17.4. The van der Waals surface area contributed by atoms with Crippen LogP contribution >= 0.6 is 11.6 Å². The molecule has 0 atom stereocenters. The van der Waals surface area contributed by atoms with Crippen molar-refractivity contribution in [2.75, 3.05) is 0 Å². The van der Waals surface area contributed by atoms with Crippen LogP contribution in [0.25, 0.3) is 11.0 Å². The van der Waals surface area contributed by atoms with Crippen LogP contribution < -0.4 is 5.62 Å². The first-order chi connectivity index (χ1) is 11.4. The molecule has 3 aromatic rings. The van der Waals surface area contributed by atoms with Gasteiger partial charge in [-0.2, -0.15) is 0 Å². The van der Waals surface area contributed by atoms with E-state index in [0.29, 0.717) is 16.1 Å². The van der Waals surface area contributed by atoms with E-state index in [1.165, 1.54) is 22.8 Å². The lowest BCUT2D eigenvalue weighted by Gasteiger charge is -2.05. The quantitative estimate of drug-likeness (QED) is 0.448. The average molecular weight is 345 g/mol. The van der Waals surface area contributed by atoms with Crippen molar-refractivity contribution >= 4 is 34.1 Å². The Morgan fingerprint density at radius 2 is 1.96 bits per heavy atom. The second-order valence-corrected chi connectivity index (χ2v) is 5.68. The normalized spacial score (nSPS) is 10.9. The maximum Gasteiger partial charge on any atom is 0.280 e. The monoisotopic (exact) mass is 344 g/mol. The van der Waals surface area contributed by atoms with Crippen molar-refractivity contribution in [3.05, 3.63) is 68.8 Å². The van der Waals surface area contributed by atoms with Crippen LogP contribution in [0.1, 0.15) is 10.4 Å². The van der Waals surface area contributed by atoms with Crippen LogP contribution in [-0.4, -0.2) is 19.8 Å². The van der Waals surface area contributed by atoms with Crippen molar-refractivity contribution in [2.24, 2.45) is 7.05 Å². The van der Waals surface area contributed by atoms with E-state index in [2.05, 4.69) is 0 Å². The molecule has 0 amide bonds. The van der Waals surface area contributed by atoms with E-state index in [4.69, 9.17) is 17.0 Å². The fourth-order valence-electron chi connectivity index (χ4n) is 2.71. The number of benzene rings is 2. The fraction of sp³-hybridized carbons (Fsp3) is 0.125. The predicted molar refractivity (Wildman–Crippen MR) is 89.2 cm³/mol. The molecule has 0 fully saturated rings. The highest BCUT2D eigenvalue weighted by Crippen LogP contribution is 2.23. The Hall–Kier alpha value is -2.93. The molecule has 7 nitrogen and oxygen atoms in total. The molecule has 0 bridgehead atoms. The Bertz CT molecular complexity index is 1040. The number of hydrogen-bond donors (Lipinski definition) is 1. The summed E-state index contributed by atoms with van der Waals surface area (Å²) in [6, 6.07) is 11.0. The number of ketones is 1. The highest BCUT2D eigenvalue weighted by atomic mass is 35.5. The van der Waals surface area contributed by atoms with Gasteiger partial charge < -0.3 is 9.13 Å². The van der Waals surface area contributed by atoms with E-state index in [9.17, 15) is 14.9 Å². The first-order valence-electron chi connectivity index (χ1n) is 7.06. The number of halogens is 1. The number of Topliss-reactive ketones (excluding diaryl/α,β-unsaturated/α-hetero) is 1. The Labute approximate surface area is 141 Å². The molecule has 8 heteroatoms. The van der Waals surface area contributed by atoms with E-state index in [1.807, 2.05) is 0 Å². The molecule has 1 aromatic heterocycles. The van der Waals surface area contributed by atoms with E-state index in [1.54, 1.807) is 35.9 Å². The van der Waals surface area contributed by atoms with Gasteiger partial charge in [0.25, 0.3) is 5.69 Å². The molecule has 0 unspecified atom stereocenters. The van der Waals surface area contributed by atoms with Gasteiger partial charge in [-0.05, 0) is 18.2 Å². The Kier molecular flexibility index (Phi) is 3.94. The van der Waals surface area contributed by atoms with Crippen LogP contribution in [0.2, 0.25) is 5.02 Å². The minimum Gasteiger partial charge on any atom is -0.312 e. The number of carbonyl (C=O) groups is 1. The lowest BCUT2D eigenvalue weighted by molar-refractivity contribution is -0.385. The van der Waals surface area contributed by atoms with Crippen LogP contribution in [-0.2, 0) is 13.6 Å². The van der Waals surface area contributed by atoms with Crippen molar-refractivity contribution in [3.63, 3.8) is 0 Å². The summed E-state index contributed by atoms with van der Waals surface area (Å²) >= 11 is 6.18. The first-order valence-corrected chi connectivity index (χ1v) is 7.44. The number of para-hydroxylation sites is 2. The van der Waals surface area contributed by atoms with Crippen molar-refractivity contribution < 1.29 is 9.72 Å². The first kappa shape index (κ1) is 15.9. The zero-order valence-electron chi connectivity index (χ0n) is 12.7. The third kappa shape index (κ3) is 2.48. The molecular formula is C16H13ClN4O3. The van der Waals surface area contributed by atoms with E-state index in [-0.39, 0.29) is 23.4 Å². The van der Waals surface area contributed by atoms with Crippen LogP contribution in [0, 0.1) is 15.5 Å². The number of fused-ring (bicyclic) bond motifs is 1. The number of nitro benzene ring substituents is 1. The van der Waals surface area contributed by atoms with Crippen LogP contribution in [0.5, 0.6) is 0 Å². The number of nitrogens with one attached hydrogen (secondary N) is 1. The van der Waals surface area contributed by atoms with Crippen molar-refractivity contribution in [2.45, 2.75) is 6.54 Å². The number of hydrogen-bond acceptors (Lipinski definition) is 4. The summed E-state index contributed by atoms with van der Waals surface area (Å²) < 4.78 is 3.06. The van der Waals surface area contributed by atoms with Gasteiger partial charge in [0.2, 0.25) is 5.62 Å². The summed E-state index contributed by atoms with van der Waals surface area (Å²) in [5.74, 6) is -0.437. The number of carbonyl (C=O) groups excluding carboxylic acids is 1. The number of rotatable bonds is 4.